The third kappa shape index (κ3) is 5.85. The highest BCUT2D eigenvalue weighted by atomic mass is 16.5. The van der Waals surface area contributed by atoms with Gasteiger partial charge in [0.1, 0.15) is 0 Å². The van der Waals surface area contributed by atoms with E-state index in [4.69, 9.17) is 4.74 Å². The standard InChI is InChI=1S/C20H30N2O3/c1-4-25-20(24)17-11-8-12-22(13-17)14-18(23)21-19(15(2)3)16-9-6-5-7-10-16/h5-7,9-10,15,17,19H,4,8,11-14H2,1-3H3,(H,21,23)/t17-,19+/m0/s1. The maximum Gasteiger partial charge on any atom is 0.310 e. The molecule has 0 bridgehead atoms. The predicted octanol–water partition coefficient (Wildman–Crippen LogP) is 2.78. The van der Waals surface area contributed by atoms with Crippen LogP contribution in [0.15, 0.2) is 30.3 Å². The highest BCUT2D eigenvalue weighted by Crippen LogP contribution is 2.22. The fourth-order valence-electron chi connectivity index (χ4n) is 3.37. The zero-order valence-electron chi connectivity index (χ0n) is 15.5. The van der Waals surface area contributed by atoms with E-state index < -0.39 is 0 Å². The van der Waals surface area contributed by atoms with E-state index in [1.807, 2.05) is 37.3 Å². The number of esters is 1. The molecule has 2 atom stereocenters. The number of nitrogens with zero attached hydrogens (tertiary/aromatic N) is 1. The minimum Gasteiger partial charge on any atom is -0.466 e. The highest BCUT2D eigenvalue weighted by Gasteiger charge is 2.28. The van der Waals surface area contributed by atoms with E-state index in [1.54, 1.807) is 0 Å². The van der Waals surface area contributed by atoms with E-state index in [-0.39, 0.29) is 23.8 Å². The molecule has 0 saturated carbocycles. The number of hydrogen-bond acceptors (Lipinski definition) is 4. The lowest BCUT2D eigenvalue weighted by molar-refractivity contribution is -0.150. The van der Waals surface area contributed by atoms with Gasteiger partial charge in [-0.15, -0.1) is 0 Å². The largest absolute Gasteiger partial charge is 0.466 e. The molecule has 0 spiro atoms. The van der Waals surface area contributed by atoms with Gasteiger partial charge in [-0.3, -0.25) is 14.5 Å². The van der Waals surface area contributed by atoms with E-state index in [2.05, 4.69) is 24.1 Å². The lowest BCUT2D eigenvalue weighted by atomic mass is 9.96. The number of benzene rings is 1. The van der Waals surface area contributed by atoms with Gasteiger partial charge < -0.3 is 10.1 Å². The van der Waals surface area contributed by atoms with Gasteiger partial charge in [-0.05, 0) is 37.8 Å². The Morgan fingerprint density at radius 2 is 2.00 bits per heavy atom. The van der Waals surface area contributed by atoms with Crippen molar-refractivity contribution >= 4 is 11.9 Å². The van der Waals surface area contributed by atoms with Gasteiger partial charge in [-0.1, -0.05) is 44.2 Å². The number of carbonyl (C=O) groups excluding carboxylic acids is 2. The number of carbonyl (C=O) groups is 2. The normalized spacial score (nSPS) is 19.4. The topological polar surface area (TPSA) is 58.6 Å². The van der Waals surface area contributed by atoms with Gasteiger partial charge in [-0.25, -0.2) is 0 Å². The summed E-state index contributed by atoms with van der Waals surface area (Å²) >= 11 is 0. The van der Waals surface area contributed by atoms with Crippen LogP contribution in [0.25, 0.3) is 0 Å². The molecule has 1 aromatic rings. The van der Waals surface area contributed by atoms with Crippen LogP contribution in [0.1, 0.15) is 45.2 Å². The smallest absolute Gasteiger partial charge is 0.310 e. The summed E-state index contributed by atoms with van der Waals surface area (Å²) in [6.07, 6.45) is 1.76. The van der Waals surface area contributed by atoms with Crippen LogP contribution in [0.5, 0.6) is 0 Å². The van der Waals surface area contributed by atoms with E-state index in [1.165, 1.54) is 0 Å². The molecular formula is C20H30N2O3. The first-order valence-corrected chi connectivity index (χ1v) is 9.24. The fraction of sp³-hybridized carbons (Fsp3) is 0.600. The first kappa shape index (κ1) is 19.4. The molecule has 0 aromatic heterocycles. The molecule has 5 heteroatoms. The number of ether oxygens (including phenoxy) is 1. The molecule has 0 aliphatic carbocycles. The molecule has 1 fully saturated rings. The number of amides is 1. The molecule has 1 N–H and O–H groups in total. The van der Waals surface area contributed by atoms with Crippen molar-refractivity contribution in [3.63, 3.8) is 0 Å². The average Bonchev–Trinajstić information content (AvgIpc) is 2.60. The third-order valence-electron chi connectivity index (χ3n) is 4.63. The molecule has 2 rings (SSSR count). The number of hydrogen-bond donors (Lipinski definition) is 1. The van der Waals surface area contributed by atoms with E-state index in [9.17, 15) is 9.59 Å². The first-order chi connectivity index (χ1) is 12.0. The Labute approximate surface area is 150 Å². The van der Waals surface area contributed by atoms with Gasteiger partial charge in [0.05, 0.1) is 25.1 Å². The van der Waals surface area contributed by atoms with Crippen molar-refractivity contribution in [3.05, 3.63) is 35.9 Å². The van der Waals surface area contributed by atoms with Crippen LogP contribution in [0.2, 0.25) is 0 Å². The van der Waals surface area contributed by atoms with Crippen LogP contribution in [0, 0.1) is 11.8 Å². The molecular weight excluding hydrogens is 316 g/mol. The Morgan fingerprint density at radius 3 is 2.64 bits per heavy atom. The van der Waals surface area contributed by atoms with Crippen LogP contribution in [0.4, 0.5) is 0 Å². The maximum absolute atomic E-state index is 12.5. The summed E-state index contributed by atoms with van der Waals surface area (Å²) in [5, 5.41) is 3.15. The minimum atomic E-state index is -0.142. The van der Waals surface area contributed by atoms with Gasteiger partial charge in [0.2, 0.25) is 5.91 Å². The molecule has 25 heavy (non-hydrogen) atoms. The number of rotatable bonds is 7. The van der Waals surface area contributed by atoms with Crippen LogP contribution >= 0.6 is 0 Å². The molecule has 0 radical (unpaired) electrons. The Hall–Kier alpha value is -1.88. The van der Waals surface area contributed by atoms with Crippen LogP contribution in [0.3, 0.4) is 0 Å². The number of nitrogens with one attached hydrogen (secondary N) is 1. The molecule has 1 aliphatic rings. The van der Waals surface area contributed by atoms with Gasteiger partial charge >= 0.3 is 5.97 Å². The van der Waals surface area contributed by atoms with E-state index >= 15 is 0 Å². The van der Waals surface area contributed by atoms with Crippen molar-refractivity contribution in [3.8, 4) is 0 Å². The second-order valence-corrected chi connectivity index (χ2v) is 7.03. The molecule has 1 saturated heterocycles. The van der Waals surface area contributed by atoms with Crippen LogP contribution < -0.4 is 5.32 Å². The molecule has 1 heterocycles. The highest BCUT2D eigenvalue weighted by molar-refractivity contribution is 5.79. The molecule has 5 nitrogen and oxygen atoms in total. The van der Waals surface area contributed by atoms with Gasteiger partial charge in [-0.2, -0.15) is 0 Å². The second kappa shape index (κ2) is 9.56. The lowest BCUT2D eigenvalue weighted by Gasteiger charge is -2.32. The average molecular weight is 346 g/mol. The Bertz CT molecular complexity index is 559. The van der Waals surface area contributed by atoms with Crippen molar-refractivity contribution in [1.82, 2.24) is 10.2 Å². The van der Waals surface area contributed by atoms with Crippen molar-refractivity contribution in [2.24, 2.45) is 11.8 Å². The van der Waals surface area contributed by atoms with Crippen molar-refractivity contribution in [2.45, 2.75) is 39.7 Å². The summed E-state index contributed by atoms with van der Waals surface area (Å²) < 4.78 is 5.12. The first-order valence-electron chi connectivity index (χ1n) is 9.24. The van der Waals surface area contributed by atoms with E-state index in [0.717, 1.165) is 24.9 Å². The summed E-state index contributed by atoms with van der Waals surface area (Å²) in [5.41, 5.74) is 1.12. The van der Waals surface area contributed by atoms with Crippen molar-refractivity contribution < 1.29 is 14.3 Å². The quantitative estimate of drug-likeness (QED) is 0.771. The number of likely N-dealkylation sites (tertiary alicyclic amines) is 1. The molecule has 138 valence electrons. The summed E-state index contributed by atoms with van der Waals surface area (Å²) in [6.45, 7) is 8.21. The Kier molecular flexibility index (Phi) is 7.44. The van der Waals surface area contributed by atoms with Crippen LogP contribution in [-0.2, 0) is 14.3 Å². The molecule has 0 unspecified atom stereocenters. The van der Waals surface area contributed by atoms with Gasteiger partial charge in [0.25, 0.3) is 0 Å². The summed E-state index contributed by atoms with van der Waals surface area (Å²) in [4.78, 5) is 26.5. The van der Waals surface area contributed by atoms with Gasteiger partial charge in [0.15, 0.2) is 0 Å². The van der Waals surface area contributed by atoms with Crippen molar-refractivity contribution in [2.75, 3.05) is 26.2 Å². The van der Waals surface area contributed by atoms with Crippen molar-refractivity contribution in [1.29, 1.82) is 0 Å². The second-order valence-electron chi connectivity index (χ2n) is 7.03. The third-order valence-corrected chi connectivity index (χ3v) is 4.63. The summed E-state index contributed by atoms with van der Waals surface area (Å²) in [5.74, 6) is 0.0560. The Morgan fingerprint density at radius 1 is 1.28 bits per heavy atom. The summed E-state index contributed by atoms with van der Waals surface area (Å²) in [6, 6.07) is 10.0. The zero-order valence-corrected chi connectivity index (χ0v) is 15.5. The molecule has 1 aromatic carbocycles. The monoisotopic (exact) mass is 346 g/mol. The minimum absolute atomic E-state index is 0.000607. The molecule has 1 amide bonds. The predicted molar refractivity (Wildman–Crippen MR) is 98.0 cm³/mol. The number of piperidine rings is 1. The van der Waals surface area contributed by atoms with E-state index in [0.29, 0.717) is 25.6 Å². The summed E-state index contributed by atoms with van der Waals surface area (Å²) in [7, 11) is 0. The zero-order chi connectivity index (χ0) is 18.2. The fourth-order valence-corrected chi connectivity index (χ4v) is 3.37. The molecule has 1 aliphatic heterocycles. The lowest BCUT2D eigenvalue weighted by Crippen LogP contribution is -2.45. The van der Waals surface area contributed by atoms with Crippen LogP contribution in [-0.4, -0.2) is 43.0 Å². The Balaban J connectivity index is 1.91. The SMILES string of the molecule is CCOC(=O)[C@H]1CCCN(CC(=O)N[C@@H](c2ccccc2)C(C)C)C1. The van der Waals surface area contributed by atoms with Gasteiger partial charge in [0, 0.05) is 6.54 Å². The maximum atomic E-state index is 12.5.